The topological polar surface area (TPSA) is 48.0 Å². The number of rotatable bonds is 6. The molecule has 0 radical (unpaired) electrons. The number of hydrogen-bond acceptors (Lipinski definition) is 4. The fourth-order valence-electron chi connectivity index (χ4n) is 3.17. The summed E-state index contributed by atoms with van der Waals surface area (Å²) >= 11 is 6.02. The second-order valence-corrected chi connectivity index (χ2v) is 7.11. The maximum atomic E-state index is 12.8. The normalized spacial score (nSPS) is 12.9. The number of carbonyl (C=O) groups is 1. The lowest BCUT2D eigenvalue weighted by Gasteiger charge is -2.29. The molecule has 29 heavy (non-hydrogen) atoms. The van der Waals surface area contributed by atoms with Crippen LogP contribution >= 0.6 is 11.6 Å². The second kappa shape index (κ2) is 8.45. The standard InChI is InChI=1S/C23H20ClNO4/c1-27-22-11-17(7-9-21(22)28-14-16-5-3-2-4-6-16)13-25-15-29-20-10-8-18(24)12-19(20)23(25)26/h2-12H,13-15H2,1H3. The summed E-state index contributed by atoms with van der Waals surface area (Å²) < 4.78 is 17.1. The number of methoxy groups -OCH3 is 1. The van der Waals surface area contributed by atoms with Gasteiger partial charge in [-0.2, -0.15) is 0 Å². The number of ether oxygens (including phenoxy) is 3. The van der Waals surface area contributed by atoms with Gasteiger partial charge in [-0.15, -0.1) is 0 Å². The highest BCUT2D eigenvalue weighted by Gasteiger charge is 2.26. The first-order valence-electron chi connectivity index (χ1n) is 9.19. The Morgan fingerprint density at radius 2 is 1.83 bits per heavy atom. The van der Waals surface area contributed by atoms with Crippen molar-refractivity contribution in [3.63, 3.8) is 0 Å². The second-order valence-electron chi connectivity index (χ2n) is 6.68. The van der Waals surface area contributed by atoms with Crippen LogP contribution in [0.2, 0.25) is 5.02 Å². The molecule has 3 aromatic rings. The van der Waals surface area contributed by atoms with E-state index in [9.17, 15) is 4.79 Å². The molecule has 0 aliphatic carbocycles. The van der Waals surface area contributed by atoms with Crippen LogP contribution in [-0.2, 0) is 13.2 Å². The quantitative estimate of drug-likeness (QED) is 0.579. The molecule has 1 aliphatic rings. The van der Waals surface area contributed by atoms with Crippen LogP contribution in [-0.4, -0.2) is 24.6 Å². The molecule has 0 saturated heterocycles. The lowest BCUT2D eigenvalue weighted by molar-refractivity contribution is 0.0498. The van der Waals surface area contributed by atoms with E-state index in [1.165, 1.54) is 0 Å². The van der Waals surface area contributed by atoms with E-state index in [-0.39, 0.29) is 12.6 Å². The van der Waals surface area contributed by atoms with Gasteiger partial charge in [-0.3, -0.25) is 4.79 Å². The summed E-state index contributed by atoms with van der Waals surface area (Å²) in [4.78, 5) is 14.4. The number of amides is 1. The van der Waals surface area contributed by atoms with E-state index in [1.54, 1.807) is 30.2 Å². The summed E-state index contributed by atoms with van der Waals surface area (Å²) in [6, 6.07) is 20.6. The average molecular weight is 410 g/mol. The van der Waals surface area contributed by atoms with Crippen molar-refractivity contribution in [2.24, 2.45) is 0 Å². The molecule has 0 N–H and O–H groups in total. The van der Waals surface area contributed by atoms with E-state index in [0.29, 0.717) is 41.0 Å². The van der Waals surface area contributed by atoms with Crippen molar-refractivity contribution in [2.75, 3.05) is 13.8 Å². The molecule has 0 saturated carbocycles. The Bertz CT molecular complexity index is 1020. The third-order valence-corrected chi connectivity index (χ3v) is 4.91. The first kappa shape index (κ1) is 19.2. The van der Waals surface area contributed by atoms with Gasteiger partial charge in [0, 0.05) is 11.6 Å². The largest absolute Gasteiger partial charge is 0.493 e. The highest BCUT2D eigenvalue weighted by Crippen LogP contribution is 2.31. The van der Waals surface area contributed by atoms with Crippen molar-refractivity contribution < 1.29 is 19.0 Å². The van der Waals surface area contributed by atoms with Gasteiger partial charge in [0.1, 0.15) is 12.4 Å². The van der Waals surface area contributed by atoms with E-state index in [2.05, 4.69) is 0 Å². The van der Waals surface area contributed by atoms with Crippen molar-refractivity contribution in [1.82, 2.24) is 4.90 Å². The van der Waals surface area contributed by atoms with Crippen LogP contribution < -0.4 is 14.2 Å². The fourth-order valence-corrected chi connectivity index (χ4v) is 3.35. The van der Waals surface area contributed by atoms with Crippen molar-refractivity contribution in [3.05, 3.63) is 88.4 Å². The highest BCUT2D eigenvalue weighted by atomic mass is 35.5. The minimum atomic E-state index is -0.114. The van der Waals surface area contributed by atoms with E-state index >= 15 is 0 Å². The predicted molar refractivity (Wildman–Crippen MR) is 111 cm³/mol. The zero-order valence-corrected chi connectivity index (χ0v) is 16.7. The third-order valence-electron chi connectivity index (χ3n) is 4.67. The van der Waals surface area contributed by atoms with Crippen molar-refractivity contribution in [1.29, 1.82) is 0 Å². The maximum Gasteiger partial charge on any atom is 0.260 e. The molecule has 5 nitrogen and oxygen atoms in total. The Balaban J connectivity index is 1.47. The van der Waals surface area contributed by atoms with Gasteiger partial charge in [0.2, 0.25) is 0 Å². The van der Waals surface area contributed by atoms with E-state index in [1.807, 2.05) is 48.5 Å². The monoisotopic (exact) mass is 409 g/mol. The highest BCUT2D eigenvalue weighted by molar-refractivity contribution is 6.31. The Labute approximate surface area is 174 Å². The molecular weight excluding hydrogens is 390 g/mol. The Kier molecular flexibility index (Phi) is 5.58. The molecule has 3 aromatic carbocycles. The summed E-state index contributed by atoms with van der Waals surface area (Å²) in [5.74, 6) is 1.71. The molecule has 4 rings (SSSR count). The van der Waals surface area contributed by atoms with Crippen LogP contribution in [0.5, 0.6) is 17.2 Å². The van der Waals surface area contributed by atoms with Gasteiger partial charge >= 0.3 is 0 Å². The molecule has 0 fully saturated rings. The minimum absolute atomic E-state index is 0.114. The molecule has 0 unspecified atom stereocenters. The van der Waals surface area contributed by atoms with Gasteiger partial charge in [-0.25, -0.2) is 0 Å². The number of hydrogen-bond donors (Lipinski definition) is 0. The molecular formula is C23H20ClNO4. The molecule has 0 spiro atoms. The Morgan fingerprint density at radius 3 is 2.62 bits per heavy atom. The summed E-state index contributed by atoms with van der Waals surface area (Å²) in [5.41, 5.74) is 2.46. The first-order chi connectivity index (χ1) is 14.1. The van der Waals surface area contributed by atoms with Gasteiger partial charge in [-0.1, -0.05) is 48.0 Å². The SMILES string of the molecule is COc1cc(CN2COc3ccc(Cl)cc3C2=O)ccc1OCc1ccccc1. The molecule has 1 heterocycles. The number of halogens is 1. The molecule has 0 aromatic heterocycles. The molecule has 0 atom stereocenters. The Hall–Kier alpha value is -3.18. The van der Waals surface area contributed by atoms with Gasteiger partial charge in [0.25, 0.3) is 5.91 Å². The number of carbonyl (C=O) groups excluding carboxylic acids is 1. The smallest absolute Gasteiger partial charge is 0.260 e. The summed E-state index contributed by atoms with van der Waals surface area (Å²) in [6.45, 7) is 1.02. The lowest BCUT2D eigenvalue weighted by Crippen LogP contribution is -2.38. The molecule has 6 heteroatoms. The number of benzene rings is 3. The van der Waals surface area contributed by atoms with Crippen LogP contribution in [0, 0.1) is 0 Å². The number of nitrogens with zero attached hydrogens (tertiary/aromatic N) is 1. The first-order valence-corrected chi connectivity index (χ1v) is 9.57. The fraction of sp³-hybridized carbons (Fsp3) is 0.174. The Morgan fingerprint density at radius 1 is 1.00 bits per heavy atom. The zero-order chi connectivity index (χ0) is 20.2. The van der Waals surface area contributed by atoms with Crippen molar-refractivity contribution >= 4 is 17.5 Å². The van der Waals surface area contributed by atoms with Crippen LogP contribution in [0.25, 0.3) is 0 Å². The maximum absolute atomic E-state index is 12.8. The molecule has 1 aliphatic heterocycles. The number of fused-ring (bicyclic) bond motifs is 1. The zero-order valence-electron chi connectivity index (χ0n) is 15.9. The van der Waals surface area contributed by atoms with Crippen molar-refractivity contribution in [3.8, 4) is 17.2 Å². The van der Waals surface area contributed by atoms with E-state index in [4.69, 9.17) is 25.8 Å². The van der Waals surface area contributed by atoms with Gasteiger partial charge in [0.05, 0.1) is 12.7 Å². The average Bonchev–Trinajstić information content (AvgIpc) is 2.75. The van der Waals surface area contributed by atoms with Crippen LogP contribution in [0.15, 0.2) is 66.7 Å². The van der Waals surface area contributed by atoms with E-state index in [0.717, 1.165) is 11.1 Å². The van der Waals surface area contributed by atoms with Gasteiger partial charge < -0.3 is 19.1 Å². The van der Waals surface area contributed by atoms with Gasteiger partial charge in [0.15, 0.2) is 18.2 Å². The molecule has 148 valence electrons. The molecule has 1 amide bonds. The van der Waals surface area contributed by atoms with Crippen molar-refractivity contribution in [2.45, 2.75) is 13.2 Å². The van der Waals surface area contributed by atoms with E-state index < -0.39 is 0 Å². The summed E-state index contributed by atoms with van der Waals surface area (Å²) in [5, 5.41) is 0.504. The van der Waals surface area contributed by atoms with Crippen LogP contribution in [0.1, 0.15) is 21.5 Å². The predicted octanol–water partition coefficient (Wildman–Crippen LogP) is 4.92. The lowest BCUT2D eigenvalue weighted by atomic mass is 10.1. The van der Waals surface area contributed by atoms with Crippen LogP contribution in [0.4, 0.5) is 0 Å². The van der Waals surface area contributed by atoms with Crippen LogP contribution in [0.3, 0.4) is 0 Å². The minimum Gasteiger partial charge on any atom is -0.493 e. The van der Waals surface area contributed by atoms with Gasteiger partial charge in [-0.05, 0) is 41.5 Å². The third kappa shape index (κ3) is 4.30. The molecule has 0 bridgehead atoms. The summed E-state index contributed by atoms with van der Waals surface area (Å²) in [7, 11) is 1.60. The summed E-state index contributed by atoms with van der Waals surface area (Å²) in [6.07, 6.45) is 0.